The number of nitrogens with one attached hydrogen (secondary N) is 1. The van der Waals surface area contributed by atoms with Crippen molar-refractivity contribution in [1.29, 1.82) is 0 Å². The molecule has 5 nitrogen and oxygen atoms in total. The first-order chi connectivity index (χ1) is 14.6. The maximum Gasteiger partial charge on any atom is 0.255 e. The Morgan fingerprint density at radius 1 is 0.967 bits per heavy atom. The molecule has 4 rings (SSSR count). The number of ether oxygens (including phenoxy) is 1. The number of fused-ring (bicyclic) bond motifs is 1. The number of ketones is 1. The third-order valence-corrected chi connectivity index (χ3v) is 4.81. The summed E-state index contributed by atoms with van der Waals surface area (Å²) >= 11 is 5.93. The van der Waals surface area contributed by atoms with Crippen LogP contribution in [0, 0.1) is 0 Å². The number of hydrogen-bond acceptors (Lipinski definition) is 4. The van der Waals surface area contributed by atoms with Crippen molar-refractivity contribution in [2.45, 2.75) is 6.92 Å². The lowest BCUT2D eigenvalue weighted by atomic mass is 10.1. The van der Waals surface area contributed by atoms with Gasteiger partial charge < -0.3 is 14.5 Å². The molecule has 6 heteroatoms. The highest BCUT2D eigenvalue weighted by atomic mass is 35.5. The summed E-state index contributed by atoms with van der Waals surface area (Å²) in [5, 5.41) is 4.02. The number of rotatable bonds is 6. The number of halogens is 1. The SMILES string of the molecule is CCOc1cccc(C(=O)Nc2c(C(=O)c3ccc(Cl)cc3)oc3ccccc23)c1. The van der Waals surface area contributed by atoms with E-state index in [1.54, 1.807) is 66.7 Å². The number of benzene rings is 3. The van der Waals surface area contributed by atoms with Gasteiger partial charge in [-0.15, -0.1) is 0 Å². The molecule has 1 amide bonds. The van der Waals surface area contributed by atoms with Crippen molar-refractivity contribution in [1.82, 2.24) is 0 Å². The Bertz CT molecular complexity index is 1230. The van der Waals surface area contributed by atoms with E-state index in [4.69, 9.17) is 20.8 Å². The average Bonchev–Trinajstić information content (AvgIpc) is 3.12. The third kappa shape index (κ3) is 3.93. The van der Waals surface area contributed by atoms with E-state index in [1.807, 2.05) is 13.0 Å². The lowest BCUT2D eigenvalue weighted by Crippen LogP contribution is -2.14. The number of para-hydroxylation sites is 1. The number of furan rings is 1. The largest absolute Gasteiger partial charge is 0.494 e. The van der Waals surface area contributed by atoms with E-state index in [9.17, 15) is 9.59 Å². The van der Waals surface area contributed by atoms with Crippen molar-refractivity contribution < 1.29 is 18.7 Å². The van der Waals surface area contributed by atoms with Crippen LogP contribution in [0.3, 0.4) is 0 Å². The summed E-state index contributed by atoms with van der Waals surface area (Å²) in [5.74, 6) is -0.0537. The zero-order chi connectivity index (χ0) is 21.1. The first-order valence-corrected chi connectivity index (χ1v) is 9.80. The van der Waals surface area contributed by atoms with Crippen molar-refractivity contribution in [3.05, 3.63) is 94.7 Å². The molecule has 0 unspecified atom stereocenters. The third-order valence-electron chi connectivity index (χ3n) is 4.55. The maximum absolute atomic E-state index is 13.1. The maximum atomic E-state index is 13.1. The Balaban J connectivity index is 1.73. The highest BCUT2D eigenvalue weighted by Crippen LogP contribution is 2.33. The molecule has 30 heavy (non-hydrogen) atoms. The smallest absolute Gasteiger partial charge is 0.255 e. The highest BCUT2D eigenvalue weighted by molar-refractivity contribution is 6.30. The molecule has 1 heterocycles. The van der Waals surface area contributed by atoms with Crippen LogP contribution in [0.1, 0.15) is 33.4 Å². The summed E-state index contributed by atoms with van der Waals surface area (Å²) in [7, 11) is 0. The molecule has 0 saturated heterocycles. The Hall–Kier alpha value is -3.57. The van der Waals surface area contributed by atoms with E-state index in [2.05, 4.69) is 5.32 Å². The summed E-state index contributed by atoms with van der Waals surface area (Å²) in [4.78, 5) is 26.0. The molecular formula is C24H18ClNO4. The van der Waals surface area contributed by atoms with E-state index in [1.165, 1.54) is 0 Å². The molecule has 150 valence electrons. The van der Waals surface area contributed by atoms with E-state index in [-0.39, 0.29) is 17.5 Å². The van der Waals surface area contributed by atoms with Crippen molar-refractivity contribution >= 4 is 39.9 Å². The lowest BCUT2D eigenvalue weighted by molar-refractivity contribution is 0.101. The molecule has 0 aliphatic rings. The fourth-order valence-corrected chi connectivity index (χ4v) is 3.27. The van der Waals surface area contributed by atoms with Gasteiger partial charge in [0.2, 0.25) is 5.78 Å². The minimum atomic E-state index is -0.367. The fourth-order valence-electron chi connectivity index (χ4n) is 3.14. The number of anilines is 1. The van der Waals surface area contributed by atoms with Gasteiger partial charge in [0.05, 0.1) is 12.3 Å². The van der Waals surface area contributed by atoms with E-state index < -0.39 is 0 Å². The average molecular weight is 420 g/mol. The first kappa shape index (κ1) is 19.7. The molecule has 0 radical (unpaired) electrons. The van der Waals surface area contributed by atoms with Gasteiger partial charge in [-0.2, -0.15) is 0 Å². The van der Waals surface area contributed by atoms with Crippen molar-refractivity contribution in [3.63, 3.8) is 0 Å². The minimum Gasteiger partial charge on any atom is -0.494 e. The fraction of sp³-hybridized carbons (Fsp3) is 0.0833. The quantitative estimate of drug-likeness (QED) is 0.391. The normalized spacial score (nSPS) is 10.7. The number of hydrogen-bond donors (Lipinski definition) is 1. The molecule has 0 saturated carbocycles. The molecule has 0 bridgehead atoms. The zero-order valence-electron chi connectivity index (χ0n) is 16.1. The van der Waals surface area contributed by atoms with Crippen LogP contribution in [0.15, 0.2) is 77.2 Å². The van der Waals surface area contributed by atoms with Crippen LogP contribution < -0.4 is 10.1 Å². The van der Waals surface area contributed by atoms with E-state index in [0.29, 0.717) is 45.2 Å². The van der Waals surface area contributed by atoms with E-state index in [0.717, 1.165) is 0 Å². The molecule has 3 aromatic carbocycles. The second-order valence-corrected chi connectivity index (χ2v) is 6.99. The minimum absolute atomic E-state index is 0.0628. The summed E-state index contributed by atoms with van der Waals surface area (Å²) < 4.78 is 11.3. The van der Waals surface area contributed by atoms with Crippen LogP contribution in [-0.4, -0.2) is 18.3 Å². The molecule has 0 spiro atoms. The Kier molecular flexibility index (Phi) is 5.55. The van der Waals surface area contributed by atoms with Crippen LogP contribution in [0.25, 0.3) is 11.0 Å². The van der Waals surface area contributed by atoms with Gasteiger partial charge in [0.1, 0.15) is 11.3 Å². The predicted molar refractivity (Wildman–Crippen MR) is 117 cm³/mol. The van der Waals surface area contributed by atoms with Gasteiger partial charge in [-0.05, 0) is 61.5 Å². The van der Waals surface area contributed by atoms with Gasteiger partial charge in [0.25, 0.3) is 5.91 Å². The second kappa shape index (κ2) is 8.43. The van der Waals surface area contributed by atoms with Gasteiger partial charge in [-0.25, -0.2) is 0 Å². The second-order valence-electron chi connectivity index (χ2n) is 6.55. The molecule has 0 aliphatic heterocycles. The monoisotopic (exact) mass is 419 g/mol. The van der Waals surface area contributed by atoms with Gasteiger partial charge >= 0.3 is 0 Å². The van der Waals surface area contributed by atoms with Gasteiger partial charge in [-0.3, -0.25) is 9.59 Å². The standard InChI is InChI=1S/C24H18ClNO4/c1-2-29-18-7-5-6-16(14-18)24(28)26-21-19-8-3-4-9-20(19)30-23(21)22(27)15-10-12-17(25)13-11-15/h3-14H,2H2,1H3,(H,26,28). The Morgan fingerprint density at radius 3 is 2.50 bits per heavy atom. The number of carbonyl (C=O) groups is 2. The summed E-state index contributed by atoms with van der Waals surface area (Å²) in [6.07, 6.45) is 0. The molecule has 4 aromatic rings. The summed E-state index contributed by atoms with van der Waals surface area (Å²) in [6, 6.07) is 20.5. The van der Waals surface area contributed by atoms with E-state index >= 15 is 0 Å². The molecule has 0 atom stereocenters. The van der Waals surface area contributed by atoms with Crippen molar-refractivity contribution in [2.75, 3.05) is 11.9 Å². The van der Waals surface area contributed by atoms with Gasteiger partial charge in [-0.1, -0.05) is 29.8 Å². The summed E-state index contributed by atoms with van der Waals surface area (Å²) in [5.41, 5.74) is 1.66. The van der Waals surface area contributed by atoms with Crippen LogP contribution >= 0.6 is 11.6 Å². The van der Waals surface area contributed by atoms with Gasteiger partial charge in [0, 0.05) is 21.5 Å². The highest BCUT2D eigenvalue weighted by Gasteiger charge is 2.24. The number of amides is 1. The number of carbonyl (C=O) groups excluding carboxylic acids is 2. The predicted octanol–water partition coefficient (Wildman–Crippen LogP) is 5.97. The lowest BCUT2D eigenvalue weighted by Gasteiger charge is -2.08. The van der Waals surface area contributed by atoms with Crippen LogP contribution in [0.2, 0.25) is 5.02 Å². The van der Waals surface area contributed by atoms with Crippen LogP contribution in [-0.2, 0) is 0 Å². The molecule has 1 aromatic heterocycles. The molecule has 0 aliphatic carbocycles. The van der Waals surface area contributed by atoms with Crippen LogP contribution in [0.4, 0.5) is 5.69 Å². The molecule has 1 N–H and O–H groups in total. The van der Waals surface area contributed by atoms with Gasteiger partial charge in [0.15, 0.2) is 5.76 Å². The summed E-state index contributed by atoms with van der Waals surface area (Å²) in [6.45, 7) is 2.37. The Morgan fingerprint density at radius 2 is 1.73 bits per heavy atom. The van der Waals surface area contributed by atoms with Crippen LogP contribution in [0.5, 0.6) is 5.75 Å². The molecular weight excluding hydrogens is 402 g/mol. The Labute approximate surface area is 178 Å². The first-order valence-electron chi connectivity index (χ1n) is 9.43. The van der Waals surface area contributed by atoms with Crippen molar-refractivity contribution in [3.8, 4) is 5.75 Å². The molecule has 0 fully saturated rings. The topological polar surface area (TPSA) is 68.5 Å². The van der Waals surface area contributed by atoms with Crippen molar-refractivity contribution in [2.24, 2.45) is 0 Å². The zero-order valence-corrected chi connectivity index (χ0v) is 16.9.